The van der Waals surface area contributed by atoms with Gasteiger partial charge in [-0.2, -0.15) is 0 Å². The van der Waals surface area contributed by atoms with Crippen molar-refractivity contribution in [2.75, 3.05) is 0 Å². The standard InChI is InChI=1S/C14H22N2O3S2/c1-9(2)15-7-10-5-14(20-8-10)21(17,18)16-12-6-11-3-4-13(12)19-11/h5,8-9,11-13,15-16H,3-4,6-7H2,1-2H3. The third-order valence-corrected chi connectivity index (χ3v) is 7.00. The van der Waals surface area contributed by atoms with E-state index in [4.69, 9.17) is 4.74 Å². The first kappa shape index (κ1) is 15.4. The van der Waals surface area contributed by atoms with Gasteiger partial charge in [0.05, 0.1) is 18.2 Å². The molecule has 21 heavy (non-hydrogen) atoms. The molecule has 0 radical (unpaired) electrons. The van der Waals surface area contributed by atoms with Gasteiger partial charge in [-0.05, 0) is 36.3 Å². The number of nitrogens with one attached hydrogen (secondary N) is 2. The summed E-state index contributed by atoms with van der Waals surface area (Å²) in [6.45, 7) is 4.84. The molecular formula is C14H22N2O3S2. The summed E-state index contributed by atoms with van der Waals surface area (Å²) in [4.78, 5) is 0. The summed E-state index contributed by atoms with van der Waals surface area (Å²) < 4.78 is 33.8. The van der Waals surface area contributed by atoms with E-state index in [1.54, 1.807) is 6.07 Å². The molecule has 0 saturated carbocycles. The Labute approximate surface area is 130 Å². The van der Waals surface area contributed by atoms with E-state index in [1.807, 2.05) is 5.38 Å². The van der Waals surface area contributed by atoms with Crippen LogP contribution in [-0.4, -0.2) is 32.7 Å². The minimum atomic E-state index is -3.42. The van der Waals surface area contributed by atoms with Gasteiger partial charge >= 0.3 is 0 Å². The SMILES string of the molecule is CC(C)NCc1csc(S(=O)(=O)NC2CC3CCC2O3)c1. The van der Waals surface area contributed by atoms with Gasteiger partial charge in [0, 0.05) is 12.6 Å². The van der Waals surface area contributed by atoms with Crippen LogP contribution < -0.4 is 10.0 Å². The van der Waals surface area contributed by atoms with E-state index >= 15 is 0 Å². The summed E-state index contributed by atoms with van der Waals surface area (Å²) in [5, 5.41) is 5.20. The van der Waals surface area contributed by atoms with Crippen molar-refractivity contribution in [1.29, 1.82) is 0 Å². The summed E-state index contributed by atoms with van der Waals surface area (Å²) in [7, 11) is -3.42. The largest absolute Gasteiger partial charge is 0.373 e. The van der Waals surface area contributed by atoms with Crippen molar-refractivity contribution in [3.8, 4) is 0 Å². The van der Waals surface area contributed by atoms with Crippen molar-refractivity contribution >= 4 is 21.4 Å². The van der Waals surface area contributed by atoms with Gasteiger partial charge in [-0.25, -0.2) is 13.1 Å². The first-order chi connectivity index (χ1) is 9.94. The van der Waals surface area contributed by atoms with Crippen LogP contribution in [0.15, 0.2) is 15.7 Å². The average Bonchev–Trinajstić information content (AvgIpc) is 3.12. The lowest BCUT2D eigenvalue weighted by molar-refractivity contribution is 0.0996. The van der Waals surface area contributed by atoms with Crippen LogP contribution in [0.5, 0.6) is 0 Å². The molecule has 0 spiro atoms. The van der Waals surface area contributed by atoms with E-state index in [0.29, 0.717) is 16.8 Å². The highest BCUT2D eigenvalue weighted by atomic mass is 32.2. The maximum absolute atomic E-state index is 12.4. The fraction of sp³-hybridized carbons (Fsp3) is 0.714. The highest BCUT2D eigenvalue weighted by Crippen LogP contribution is 2.35. The van der Waals surface area contributed by atoms with E-state index in [1.165, 1.54) is 11.3 Å². The lowest BCUT2D eigenvalue weighted by Gasteiger charge is -2.19. The Morgan fingerprint density at radius 3 is 2.86 bits per heavy atom. The molecular weight excluding hydrogens is 308 g/mol. The van der Waals surface area contributed by atoms with E-state index < -0.39 is 10.0 Å². The molecule has 2 aliphatic heterocycles. The van der Waals surface area contributed by atoms with Crippen molar-refractivity contribution in [3.05, 3.63) is 17.0 Å². The number of thiophene rings is 1. The van der Waals surface area contributed by atoms with Crippen LogP contribution in [0.2, 0.25) is 0 Å². The lowest BCUT2D eigenvalue weighted by atomic mass is 9.96. The molecule has 2 aliphatic rings. The molecule has 2 saturated heterocycles. The van der Waals surface area contributed by atoms with Crippen LogP contribution in [0.4, 0.5) is 0 Å². The summed E-state index contributed by atoms with van der Waals surface area (Å²) >= 11 is 1.28. The van der Waals surface area contributed by atoms with Gasteiger partial charge in [0.25, 0.3) is 0 Å². The molecule has 1 aromatic rings. The second-order valence-corrected chi connectivity index (χ2v) is 9.00. The Morgan fingerprint density at radius 1 is 1.43 bits per heavy atom. The van der Waals surface area contributed by atoms with Crippen LogP contribution >= 0.6 is 11.3 Å². The Hall–Kier alpha value is -0.470. The van der Waals surface area contributed by atoms with Gasteiger partial charge in [-0.15, -0.1) is 11.3 Å². The van der Waals surface area contributed by atoms with Gasteiger partial charge < -0.3 is 10.1 Å². The van der Waals surface area contributed by atoms with Gasteiger partial charge in [-0.1, -0.05) is 13.8 Å². The molecule has 2 bridgehead atoms. The minimum Gasteiger partial charge on any atom is -0.373 e. The molecule has 3 heterocycles. The number of ether oxygens (including phenoxy) is 1. The molecule has 0 aliphatic carbocycles. The van der Waals surface area contributed by atoms with Crippen LogP contribution in [0.3, 0.4) is 0 Å². The van der Waals surface area contributed by atoms with Gasteiger partial charge in [0.1, 0.15) is 4.21 Å². The third kappa shape index (κ3) is 3.48. The van der Waals surface area contributed by atoms with E-state index in [-0.39, 0.29) is 18.2 Å². The Balaban J connectivity index is 1.64. The predicted molar refractivity (Wildman–Crippen MR) is 82.9 cm³/mol. The molecule has 5 nitrogen and oxygen atoms in total. The number of sulfonamides is 1. The first-order valence-corrected chi connectivity index (χ1v) is 9.79. The van der Waals surface area contributed by atoms with E-state index in [9.17, 15) is 8.42 Å². The average molecular weight is 330 g/mol. The molecule has 0 amide bonds. The van der Waals surface area contributed by atoms with Crippen molar-refractivity contribution < 1.29 is 13.2 Å². The molecule has 3 unspecified atom stereocenters. The molecule has 3 rings (SSSR count). The fourth-order valence-electron chi connectivity index (χ4n) is 2.93. The van der Waals surface area contributed by atoms with Gasteiger partial charge in [0.2, 0.25) is 10.0 Å². The zero-order chi connectivity index (χ0) is 15.0. The molecule has 2 fully saturated rings. The molecule has 0 aromatic carbocycles. The van der Waals surface area contributed by atoms with Gasteiger partial charge in [-0.3, -0.25) is 0 Å². The highest BCUT2D eigenvalue weighted by Gasteiger charge is 2.42. The van der Waals surface area contributed by atoms with Crippen molar-refractivity contribution in [2.24, 2.45) is 0 Å². The summed E-state index contributed by atoms with van der Waals surface area (Å²) in [6, 6.07) is 2.08. The first-order valence-electron chi connectivity index (χ1n) is 7.42. The van der Waals surface area contributed by atoms with Gasteiger partial charge in [0.15, 0.2) is 0 Å². The second kappa shape index (κ2) is 5.96. The smallest absolute Gasteiger partial charge is 0.250 e. The zero-order valence-corrected chi connectivity index (χ0v) is 14.0. The summed E-state index contributed by atoms with van der Waals surface area (Å²) in [5.41, 5.74) is 1.01. The number of hydrogen-bond acceptors (Lipinski definition) is 5. The number of fused-ring (bicyclic) bond motifs is 2. The molecule has 118 valence electrons. The maximum Gasteiger partial charge on any atom is 0.250 e. The second-order valence-electron chi connectivity index (χ2n) is 6.15. The summed E-state index contributed by atoms with van der Waals surface area (Å²) in [5.74, 6) is 0. The number of rotatable bonds is 6. The highest BCUT2D eigenvalue weighted by molar-refractivity contribution is 7.91. The summed E-state index contributed by atoms with van der Waals surface area (Å²) in [6.07, 6.45) is 3.14. The molecule has 2 N–H and O–H groups in total. The van der Waals surface area contributed by atoms with Crippen LogP contribution in [0.1, 0.15) is 38.7 Å². The predicted octanol–water partition coefficient (Wildman–Crippen LogP) is 1.84. The lowest BCUT2D eigenvalue weighted by Crippen LogP contribution is -2.41. The molecule has 1 aromatic heterocycles. The maximum atomic E-state index is 12.4. The third-order valence-electron chi connectivity index (χ3n) is 4.02. The molecule has 7 heteroatoms. The Bertz CT molecular complexity index is 597. The zero-order valence-electron chi connectivity index (χ0n) is 12.3. The van der Waals surface area contributed by atoms with Crippen molar-refractivity contribution in [1.82, 2.24) is 10.0 Å². The fourth-order valence-corrected chi connectivity index (χ4v) is 5.43. The monoisotopic (exact) mass is 330 g/mol. The Kier molecular flexibility index (Phi) is 4.38. The van der Waals surface area contributed by atoms with Crippen LogP contribution in [0.25, 0.3) is 0 Å². The normalized spacial score (nSPS) is 28.6. The van der Waals surface area contributed by atoms with E-state index in [0.717, 1.165) is 24.8 Å². The van der Waals surface area contributed by atoms with Crippen LogP contribution in [-0.2, 0) is 21.3 Å². The molecule has 3 atom stereocenters. The van der Waals surface area contributed by atoms with Crippen molar-refractivity contribution in [2.45, 2.75) is 68.2 Å². The number of hydrogen-bond donors (Lipinski definition) is 2. The van der Waals surface area contributed by atoms with Crippen LogP contribution in [0, 0.1) is 0 Å². The quantitative estimate of drug-likeness (QED) is 0.835. The van der Waals surface area contributed by atoms with Crippen molar-refractivity contribution in [3.63, 3.8) is 0 Å². The van der Waals surface area contributed by atoms with E-state index in [2.05, 4.69) is 23.9 Å². The minimum absolute atomic E-state index is 0.0619. The topological polar surface area (TPSA) is 67.4 Å². The Morgan fingerprint density at radius 2 is 2.24 bits per heavy atom.